The maximum Gasteiger partial charge on any atom is 0.319 e. The highest BCUT2D eigenvalue weighted by Crippen LogP contribution is 2.46. The number of nitrogens with zero attached hydrogens (tertiary/aromatic N) is 6. The number of piperazine rings is 1. The standard InChI is InChI=1S/C36H35F3N6O2/c1-4-29(46)45-17-16-43(19-25(45)18-40-3)33-28-13-12-27(26-11-6-10-24-9-5-8-23(2)30(24)26)31(37)32(28)41-34(42-33)47-22-35-14-7-15-44(35)21-36(38,39)20-35/h4-6,8-13,25H,1,7,14-22H2,2H3/t25-,35-/m0/s1. The van der Waals surface area contributed by atoms with Gasteiger partial charge >= 0.3 is 6.01 Å². The normalized spacial score (nSPS) is 22.4. The molecule has 1 amide bonds. The minimum atomic E-state index is -2.81. The van der Waals surface area contributed by atoms with Crippen molar-refractivity contribution < 1.29 is 22.7 Å². The van der Waals surface area contributed by atoms with Crippen molar-refractivity contribution in [3.63, 3.8) is 0 Å². The van der Waals surface area contributed by atoms with Crippen LogP contribution in [0, 0.1) is 19.3 Å². The molecule has 4 aromatic rings. The first-order valence-electron chi connectivity index (χ1n) is 15.9. The fraction of sp³-hybridized carbons (Fsp3) is 0.389. The number of amides is 1. The van der Waals surface area contributed by atoms with Gasteiger partial charge < -0.3 is 19.4 Å². The van der Waals surface area contributed by atoms with Crippen LogP contribution in [0.2, 0.25) is 0 Å². The molecule has 3 fully saturated rings. The van der Waals surface area contributed by atoms with Crippen LogP contribution in [-0.2, 0) is 4.79 Å². The monoisotopic (exact) mass is 640 g/mol. The van der Waals surface area contributed by atoms with Crippen molar-refractivity contribution in [2.24, 2.45) is 0 Å². The number of carbonyl (C=O) groups excluding carboxylic acids is 1. The minimum absolute atomic E-state index is 0.0423. The topological polar surface area (TPSA) is 66.2 Å². The molecule has 3 saturated heterocycles. The summed E-state index contributed by atoms with van der Waals surface area (Å²) in [6.45, 7) is 14.3. The van der Waals surface area contributed by atoms with Crippen LogP contribution in [0.3, 0.4) is 0 Å². The molecule has 4 heterocycles. The van der Waals surface area contributed by atoms with Gasteiger partial charge in [-0.05, 0) is 60.4 Å². The molecular formula is C36H35F3N6O2. The molecule has 3 aliphatic heterocycles. The summed E-state index contributed by atoms with van der Waals surface area (Å²) in [4.78, 5) is 30.8. The van der Waals surface area contributed by atoms with Gasteiger partial charge in [0.15, 0.2) is 5.82 Å². The van der Waals surface area contributed by atoms with E-state index in [9.17, 15) is 13.6 Å². The van der Waals surface area contributed by atoms with Crippen LogP contribution >= 0.6 is 0 Å². The van der Waals surface area contributed by atoms with Gasteiger partial charge in [0, 0.05) is 37.0 Å². The van der Waals surface area contributed by atoms with Gasteiger partial charge in [-0.15, -0.1) is 0 Å². The fourth-order valence-corrected chi connectivity index (χ4v) is 7.78. The van der Waals surface area contributed by atoms with Gasteiger partial charge in [-0.25, -0.2) is 19.7 Å². The lowest BCUT2D eigenvalue weighted by Gasteiger charge is -2.39. The Morgan fingerprint density at radius 3 is 2.72 bits per heavy atom. The van der Waals surface area contributed by atoms with Gasteiger partial charge in [-0.1, -0.05) is 49.0 Å². The number of aromatic nitrogens is 2. The van der Waals surface area contributed by atoms with Crippen molar-refractivity contribution in [3.05, 3.63) is 84.0 Å². The predicted molar refractivity (Wildman–Crippen MR) is 175 cm³/mol. The van der Waals surface area contributed by atoms with E-state index in [-0.39, 0.29) is 50.1 Å². The third-order valence-corrected chi connectivity index (χ3v) is 9.93. The Morgan fingerprint density at radius 1 is 1.13 bits per heavy atom. The van der Waals surface area contributed by atoms with Gasteiger partial charge in [0.1, 0.15) is 24.0 Å². The Morgan fingerprint density at radius 2 is 1.94 bits per heavy atom. The lowest BCUT2D eigenvalue weighted by molar-refractivity contribution is -0.128. The first-order chi connectivity index (χ1) is 22.6. The Kier molecular flexibility index (Phi) is 7.79. The number of ether oxygens (including phenoxy) is 1. The summed E-state index contributed by atoms with van der Waals surface area (Å²) in [6.07, 6.45) is 2.29. The van der Waals surface area contributed by atoms with E-state index in [1.165, 1.54) is 6.08 Å². The maximum absolute atomic E-state index is 16.8. The molecule has 11 heteroatoms. The van der Waals surface area contributed by atoms with Crippen molar-refractivity contribution in [1.82, 2.24) is 19.8 Å². The fourth-order valence-electron chi connectivity index (χ4n) is 7.78. The summed E-state index contributed by atoms with van der Waals surface area (Å²) < 4.78 is 52.0. The van der Waals surface area contributed by atoms with Crippen LogP contribution in [0.25, 0.3) is 37.6 Å². The van der Waals surface area contributed by atoms with E-state index >= 15 is 4.39 Å². The number of hydrogen-bond donors (Lipinski definition) is 0. The number of hydrogen-bond acceptors (Lipinski definition) is 6. The van der Waals surface area contributed by atoms with E-state index in [0.717, 1.165) is 28.3 Å². The first-order valence-corrected chi connectivity index (χ1v) is 15.9. The summed E-state index contributed by atoms with van der Waals surface area (Å²) in [5, 5.41) is 2.38. The quantitative estimate of drug-likeness (QED) is 0.175. The molecule has 1 aromatic heterocycles. The Hall–Kier alpha value is -4.69. The summed E-state index contributed by atoms with van der Waals surface area (Å²) in [5.74, 6) is -3.21. The molecule has 242 valence electrons. The van der Waals surface area contributed by atoms with Gasteiger partial charge in [-0.3, -0.25) is 9.69 Å². The van der Waals surface area contributed by atoms with Crippen LogP contribution < -0.4 is 9.64 Å². The van der Waals surface area contributed by atoms with E-state index in [0.29, 0.717) is 42.8 Å². The number of anilines is 1. The number of alkyl halides is 2. The van der Waals surface area contributed by atoms with Gasteiger partial charge in [0.05, 0.1) is 12.1 Å². The molecule has 0 aliphatic carbocycles. The highest BCUT2D eigenvalue weighted by Gasteiger charge is 2.57. The average molecular weight is 641 g/mol. The van der Waals surface area contributed by atoms with Crippen molar-refractivity contribution in [1.29, 1.82) is 0 Å². The highest BCUT2D eigenvalue weighted by atomic mass is 19.3. The second-order valence-corrected chi connectivity index (χ2v) is 12.9. The van der Waals surface area contributed by atoms with E-state index in [4.69, 9.17) is 16.3 Å². The molecule has 0 radical (unpaired) electrons. The number of rotatable bonds is 7. The number of halogens is 3. The molecule has 7 rings (SSSR count). The zero-order valence-electron chi connectivity index (χ0n) is 26.2. The molecular weight excluding hydrogens is 605 g/mol. The van der Waals surface area contributed by atoms with Crippen LogP contribution in [-0.4, -0.2) is 89.1 Å². The predicted octanol–water partition coefficient (Wildman–Crippen LogP) is 6.27. The molecule has 0 unspecified atom stereocenters. The van der Waals surface area contributed by atoms with Crippen molar-refractivity contribution >= 4 is 33.4 Å². The second-order valence-electron chi connectivity index (χ2n) is 12.9. The van der Waals surface area contributed by atoms with Crippen molar-refractivity contribution in [2.45, 2.75) is 43.7 Å². The molecule has 0 spiro atoms. The van der Waals surface area contributed by atoms with Gasteiger partial charge in [0.2, 0.25) is 12.5 Å². The van der Waals surface area contributed by atoms with Crippen LogP contribution in [0.1, 0.15) is 24.8 Å². The second kappa shape index (κ2) is 11.8. The molecule has 0 saturated carbocycles. The molecule has 47 heavy (non-hydrogen) atoms. The average Bonchev–Trinajstić information content (AvgIpc) is 3.55. The Balaban J connectivity index is 1.33. The van der Waals surface area contributed by atoms with Gasteiger partial charge in [-0.2, -0.15) is 9.97 Å². The number of aryl methyl sites for hydroxylation is 1. The molecule has 3 aliphatic rings. The summed E-state index contributed by atoms with van der Waals surface area (Å²) in [6, 6.07) is 14.7. The Labute approximate surface area is 271 Å². The SMILES string of the molecule is [C-]#[N+]C[C@H]1CN(c2nc(OC[C@@]34CCCN3CC(F)(F)C4)nc3c(F)c(-c4cccc5cccc(C)c45)ccc23)CCN1C(=O)C=C. The van der Waals surface area contributed by atoms with E-state index in [1.807, 2.05) is 48.2 Å². The number of fused-ring (bicyclic) bond motifs is 3. The van der Waals surface area contributed by atoms with Gasteiger partial charge in [0.25, 0.3) is 5.92 Å². The maximum atomic E-state index is 16.8. The van der Waals surface area contributed by atoms with Crippen LogP contribution in [0.15, 0.2) is 61.2 Å². The van der Waals surface area contributed by atoms with Crippen LogP contribution in [0.4, 0.5) is 19.0 Å². The lowest BCUT2D eigenvalue weighted by atomic mass is 9.94. The third-order valence-electron chi connectivity index (χ3n) is 9.93. The Bertz CT molecular complexity index is 1940. The number of carbonyl (C=O) groups is 1. The van der Waals surface area contributed by atoms with Crippen LogP contribution in [0.5, 0.6) is 6.01 Å². The minimum Gasteiger partial charge on any atom is -0.461 e. The van der Waals surface area contributed by atoms with E-state index in [1.54, 1.807) is 21.9 Å². The largest absolute Gasteiger partial charge is 0.461 e. The molecule has 3 aromatic carbocycles. The van der Waals surface area contributed by atoms with E-state index < -0.39 is 23.3 Å². The smallest absolute Gasteiger partial charge is 0.319 e. The molecule has 8 nitrogen and oxygen atoms in total. The zero-order valence-corrected chi connectivity index (χ0v) is 26.2. The summed E-state index contributed by atoms with van der Waals surface area (Å²) in [7, 11) is 0. The van der Waals surface area contributed by atoms with E-state index in [2.05, 4.69) is 16.4 Å². The molecule has 2 atom stereocenters. The summed E-state index contributed by atoms with van der Waals surface area (Å²) in [5.41, 5.74) is 1.33. The zero-order chi connectivity index (χ0) is 32.9. The highest BCUT2D eigenvalue weighted by molar-refractivity contribution is 6.02. The summed E-state index contributed by atoms with van der Waals surface area (Å²) >= 11 is 0. The number of benzene rings is 3. The lowest BCUT2D eigenvalue weighted by Crippen LogP contribution is -2.56. The third kappa shape index (κ3) is 5.44. The molecule has 0 bridgehead atoms. The molecule has 0 N–H and O–H groups in total. The van der Waals surface area contributed by atoms with Crippen molar-refractivity contribution in [2.75, 3.05) is 50.8 Å². The van der Waals surface area contributed by atoms with Crippen molar-refractivity contribution in [3.8, 4) is 17.1 Å². The first kappa shape index (κ1) is 30.9.